The number of aromatic nitrogens is 4. The van der Waals surface area contributed by atoms with Gasteiger partial charge >= 0.3 is 6.09 Å². The minimum absolute atomic E-state index is 0.0327. The number of nitrogens with zero attached hydrogens (tertiary/aromatic N) is 5. The first kappa shape index (κ1) is 38.7. The fourth-order valence-electron chi connectivity index (χ4n) is 7.97. The molecule has 4 atom stereocenters. The van der Waals surface area contributed by atoms with Gasteiger partial charge < -0.3 is 29.8 Å². The van der Waals surface area contributed by atoms with E-state index in [1.54, 1.807) is 0 Å². The van der Waals surface area contributed by atoms with Crippen molar-refractivity contribution in [2.24, 2.45) is 5.92 Å². The van der Waals surface area contributed by atoms with Gasteiger partial charge in [-0.1, -0.05) is 76.2 Å². The van der Waals surface area contributed by atoms with Gasteiger partial charge in [0.1, 0.15) is 17.7 Å². The fraction of sp³-hybridized carbons (Fsp3) is 0.500. The Morgan fingerprint density at radius 2 is 1.20 bits per heavy atom. The molecule has 2 aromatic heterocycles. The smallest absolute Gasteiger partial charge is 0.407 e. The van der Waals surface area contributed by atoms with Crippen LogP contribution in [0.25, 0.3) is 33.6 Å². The van der Waals surface area contributed by atoms with E-state index in [1.165, 1.54) is 7.11 Å². The SMILES string of the molecule is CCCN(CCC)[C@H](C)C(=O)N1CCC[C@H]1c1ncc(-c2ccc(-c3ccc(-c4cnc([C@@H]5CCCN5C(=O)[C@@H](NC(=O)OC)C(C)C)[nH]4)cc3)cc2)[nH]1. The topological polar surface area (TPSA) is 140 Å². The molecule has 12 heteroatoms. The number of hydrogen-bond acceptors (Lipinski definition) is 7. The highest BCUT2D eigenvalue weighted by Crippen LogP contribution is 2.35. The Morgan fingerprint density at radius 3 is 1.63 bits per heavy atom. The number of carbonyl (C=O) groups excluding carboxylic acids is 3. The summed E-state index contributed by atoms with van der Waals surface area (Å²) in [5, 5.41) is 2.70. The molecule has 0 unspecified atom stereocenters. The van der Waals surface area contributed by atoms with Gasteiger partial charge in [0.25, 0.3) is 0 Å². The van der Waals surface area contributed by atoms with Gasteiger partial charge in [-0.25, -0.2) is 14.8 Å². The van der Waals surface area contributed by atoms with Crippen molar-refractivity contribution in [3.05, 3.63) is 72.6 Å². The predicted octanol–water partition coefficient (Wildman–Crippen LogP) is 7.35. The summed E-state index contributed by atoms with van der Waals surface area (Å²) in [4.78, 5) is 61.7. The molecule has 2 aromatic carbocycles. The van der Waals surface area contributed by atoms with Crippen LogP contribution in [0, 0.1) is 5.92 Å². The van der Waals surface area contributed by atoms with Crippen molar-refractivity contribution < 1.29 is 19.1 Å². The number of alkyl carbamates (subject to hydrolysis) is 1. The van der Waals surface area contributed by atoms with Crippen LogP contribution < -0.4 is 5.32 Å². The van der Waals surface area contributed by atoms with Crippen molar-refractivity contribution in [3.63, 3.8) is 0 Å². The number of amides is 3. The van der Waals surface area contributed by atoms with Crippen LogP contribution in [0.3, 0.4) is 0 Å². The second kappa shape index (κ2) is 17.4. The Balaban J connectivity index is 1.10. The molecule has 4 aromatic rings. The highest BCUT2D eigenvalue weighted by Gasteiger charge is 2.38. The third-order valence-electron chi connectivity index (χ3n) is 10.9. The van der Waals surface area contributed by atoms with E-state index in [9.17, 15) is 14.4 Å². The van der Waals surface area contributed by atoms with Gasteiger partial charge in [0, 0.05) is 13.1 Å². The molecule has 3 amide bonds. The predicted molar refractivity (Wildman–Crippen MR) is 210 cm³/mol. The number of ether oxygens (including phenoxy) is 1. The van der Waals surface area contributed by atoms with E-state index >= 15 is 0 Å². The lowest BCUT2D eigenvalue weighted by atomic mass is 10.0. The average Bonchev–Trinajstić information content (AvgIpc) is 4.03. The Morgan fingerprint density at radius 1 is 0.759 bits per heavy atom. The van der Waals surface area contributed by atoms with Crippen LogP contribution in [0.1, 0.15) is 96.9 Å². The van der Waals surface area contributed by atoms with E-state index in [4.69, 9.17) is 9.72 Å². The van der Waals surface area contributed by atoms with Crippen LogP contribution in [-0.4, -0.2) is 97.9 Å². The Kier molecular flexibility index (Phi) is 12.5. The van der Waals surface area contributed by atoms with Crippen molar-refractivity contribution in [2.75, 3.05) is 33.3 Å². The number of hydrogen-bond donors (Lipinski definition) is 3. The van der Waals surface area contributed by atoms with Gasteiger partial charge in [0.15, 0.2) is 0 Å². The molecular formula is C42H56N8O4. The maximum Gasteiger partial charge on any atom is 0.407 e. The summed E-state index contributed by atoms with van der Waals surface area (Å²) in [6, 6.07) is 15.8. The quantitative estimate of drug-likeness (QED) is 0.123. The molecule has 0 saturated carbocycles. The van der Waals surface area contributed by atoms with E-state index in [2.05, 4.69) is 87.5 Å². The number of methoxy groups -OCH3 is 1. The fourth-order valence-corrected chi connectivity index (χ4v) is 7.97. The van der Waals surface area contributed by atoms with E-state index < -0.39 is 12.1 Å². The highest BCUT2D eigenvalue weighted by molar-refractivity contribution is 5.86. The minimum Gasteiger partial charge on any atom is -0.453 e. The Hall–Kier alpha value is -4.97. The molecule has 0 spiro atoms. The standard InChI is InChI=1S/C42H56N8O4/c1-7-21-48(22-8-2)28(5)40(51)49-23-9-11-35(49)38-43-25-33(45-38)31-17-13-29(14-18-31)30-15-19-32(20-16-30)34-26-44-39(46-34)36-12-10-24-50(36)41(52)37(27(3)4)47-42(53)54-6/h13-20,25-28,35-37H,7-12,21-24H2,1-6H3,(H,43,45)(H,44,46)(H,47,53)/t28-,35+,36+,37+/m1/s1. The zero-order chi connectivity index (χ0) is 38.4. The van der Waals surface area contributed by atoms with Gasteiger partial charge in [-0.3, -0.25) is 14.5 Å². The minimum atomic E-state index is -0.674. The first-order chi connectivity index (χ1) is 26.1. The lowest BCUT2D eigenvalue weighted by Gasteiger charge is -2.33. The average molecular weight is 737 g/mol. The van der Waals surface area contributed by atoms with Crippen LogP contribution >= 0.6 is 0 Å². The molecule has 3 N–H and O–H groups in total. The molecule has 2 aliphatic heterocycles. The summed E-state index contributed by atoms with van der Waals surface area (Å²) >= 11 is 0. The van der Waals surface area contributed by atoms with E-state index in [-0.39, 0.29) is 35.9 Å². The zero-order valence-electron chi connectivity index (χ0n) is 32.6. The molecule has 288 valence electrons. The molecule has 2 aliphatic rings. The van der Waals surface area contributed by atoms with E-state index in [1.807, 2.05) is 43.0 Å². The molecule has 12 nitrogen and oxygen atoms in total. The van der Waals surface area contributed by atoms with Crippen LogP contribution in [0.2, 0.25) is 0 Å². The van der Waals surface area contributed by atoms with Gasteiger partial charge in [0.05, 0.1) is 49.0 Å². The number of likely N-dealkylation sites (tertiary alicyclic amines) is 2. The third kappa shape index (κ3) is 8.38. The molecule has 0 bridgehead atoms. The second-order valence-electron chi connectivity index (χ2n) is 15.0. The van der Waals surface area contributed by atoms with Crippen molar-refractivity contribution in [3.8, 4) is 33.6 Å². The number of benzene rings is 2. The van der Waals surface area contributed by atoms with Crippen LogP contribution in [0.15, 0.2) is 60.9 Å². The van der Waals surface area contributed by atoms with Crippen molar-refractivity contribution >= 4 is 17.9 Å². The van der Waals surface area contributed by atoms with Gasteiger partial charge in [-0.15, -0.1) is 0 Å². The first-order valence-corrected chi connectivity index (χ1v) is 19.6. The van der Waals surface area contributed by atoms with Crippen LogP contribution in [0.5, 0.6) is 0 Å². The van der Waals surface area contributed by atoms with E-state index in [0.29, 0.717) is 6.54 Å². The van der Waals surface area contributed by atoms with Crippen molar-refractivity contribution in [1.82, 2.24) is 40.0 Å². The number of carbonyl (C=O) groups is 3. The summed E-state index contributed by atoms with van der Waals surface area (Å²) in [6.07, 6.45) is 8.70. The van der Waals surface area contributed by atoms with Crippen molar-refractivity contribution in [2.45, 2.75) is 97.3 Å². The first-order valence-electron chi connectivity index (χ1n) is 19.6. The normalized spacial score (nSPS) is 18.4. The zero-order valence-corrected chi connectivity index (χ0v) is 32.6. The molecule has 2 saturated heterocycles. The monoisotopic (exact) mass is 736 g/mol. The third-order valence-corrected chi connectivity index (χ3v) is 10.9. The molecule has 54 heavy (non-hydrogen) atoms. The van der Waals surface area contributed by atoms with Crippen molar-refractivity contribution in [1.29, 1.82) is 0 Å². The Bertz CT molecular complexity index is 1860. The second-order valence-corrected chi connectivity index (χ2v) is 15.0. The lowest BCUT2D eigenvalue weighted by molar-refractivity contribution is -0.137. The Labute approximate surface area is 319 Å². The lowest BCUT2D eigenvalue weighted by Crippen LogP contribution is -2.51. The maximum absolute atomic E-state index is 13.6. The highest BCUT2D eigenvalue weighted by atomic mass is 16.5. The molecule has 2 fully saturated rings. The van der Waals surface area contributed by atoms with Crippen LogP contribution in [-0.2, 0) is 14.3 Å². The molecule has 4 heterocycles. The van der Waals surface area contributed by atoms with E-state index in [0.717, 1.165) is 103 Å². The number of H-pyrrole nitrogens is 2. The van der Waals surface area contributed by atoms with Crippen LogP contribution in [0.4, 0.5) is 4.79 Å². The summed E-state index contributed by atoms with van der Waals surface area (Å²) in [6.45, 7) is 13.4. The summed E-state index contributed by atoms with van der Waals surface area (Å²) in [7, 11) is 1.30. The van der Waals surface area contributed by atoms with Gasteiger partial charge in [-0.2, -0.15) is 0 Å². The summed E-state index contributed by atoms with van der Waals surface area (Å²) < 4.78 is 4.76. The molecule has 0 aliphatic carbocycles. The number of nitrogens with one attached hydrogen (secondary N) is 3. The number of imidazole rings is 2. The molecular weight excluding hydrogens is 681 g/mol. The summed E-state index contributed by atoms with van der Waals surface area (Å²) in [5.41, 5.74) is 6.05. The largest absolute Gasteiger partial charge is 0.453 e. The number of rotatable bonds is 14. The number of aromatic amines is 2. The van der Waals surface area contributed by atoms with Gasteiger partial charge in [0.2, 0.25) is 11.8 Å². The summed E-state index contributed by atoms with van der Waals surface area (Å²) in [5.74, 6) is 1.57. The molecule has 6 rings (SSSR count). The maximum atomic E-state index is 13.6. The van der Waals surface area contributed by atoms with Gasteiger partial charge in [-0.05, 0) is 86.7 Å². The molecule has 0 radical (unpaired) electrons.